The van der Waals surface area contributed by atoms with Crippen LogP contribution < -0.4 is 0 Å². The molecule has 0 aromatic carbocycles. The van der Waals surface area contributed by atoms with Gasteiger partial charge in [-0.2, -0.15) is 5.26 Å². The molecule has 2 aromatic heterocycles. The molecule has 0 spiro atoms. The number of fused-ring (bicyclic) bond motifs is 1. The zero-order chi connectivity index (χ0) is 13.2. The first-order chi connectivity index (χ1) is 9.29. The van der Waals surface area contributed by atoms with Crippen LogP contribution >= 0.6 is 0 Å². The van der Waals surface area contributed by atoms with Crippen molar-refractivity contribution in [2.75, 3.05) is 19.8 Å². The summed E-state index contributed by atoms with van der Waals surface area (Å²) in [5.74, 6) is 0. The van der Waals surface area contributed by atoms with Crippen molar-refractivity contribution in [2.45, 2.75) is 19.5 Å². The molecule has 3 rings (SSSR count). The maximum Gasteiger partial charge on any atom is 0.102 e. The molecule has 1 fully saturated rings. The van der Waals surface area contributed by atoms with Crippen LogP contribution in [0.15, 0.2) is 30.6 Å². The normalized spacial score (nSPS) is 20.5. The second kappa shape index (κ2) is 5.04. The summed E-state index contributed by atoms with van der Waals surface area (Å²) in [5, 5.41) is 9.39. The lowest BCUT2D eigenvalue weighted by molar-refractivity contribution is -0.00438. The zero-order valence-corrected chi connectivity index (χ0v) is 11.0. The summed E-state index contributed by atoms with van der Waals surface area (Å²) in [6.07, 6.45) is 4.05. The van der Waals surface area contributed by atoms with Crippen molar-refractivity contribution in [3.05, 3.63) is 41.7 Å². The highest BCUT2D eigenvalue weighted by atomic mass is 16.5. The number of aromatic nitrogens is 1. The topological polar surface area (TPSA) is 40.7 Å². The third-order valence-electron chi connectivity index (χ3n) is 3.75. The molecule has 0 saturated carbocycles. The standard InChI is InChI=1S/C15H17N3O/c1-12-11-19-7-6-17(12)9-13-10-18-5-3-2-4-15(18)14(13)8-16/h2-5,10,12H,6-7,9,11H2,1H3. The van der Waals surface area contributed by atoms with Crippen molar-refractivity contribution in [1.82, 2.24) is 9.30 Å². The Labute approximate surface area is 112 Å². The molecule has 2 aromatic rings. The zero-order valence-electron chi connectivity index (χ0n) is 11.0. The van der Waals surface area contributed by atoms with Crippen molar-refractivity contribution in [1.29, 1.82) is 5.26 Å². The van der Waals surface area contributed by atoms with Gasteiger partial charge in [-0.3, -0.25) is 4.90 Å². The molecule has 0 bridgehead atoms. The van der Waals surface area contributed by atoms with Crippen LogP contribution in [-0.4, -0.2) is 35.1 Å². The molecule has 19 heavy (non-hydrogen) atoms. The van der Waals surface area contributed by atoms with Crippen LogP contribution in [-0.2, 0) is 11.3 Å². The second-order valence-corrected chi connectivity index (χ2v) is 5.03. The Bertz CT molecular complexity index is 626. The number of morpholine rings is 1. The first kappa shape index (κ1) is 12.2. The van der Waals surface area contributed by atoms with Crippen molar-refractivity contribution in [2.24, 2.45) is 0 Å². The van der Waals surface area contributed by atoms with E-state index < -0.39 is 0 Å². The fourth-order valence-corrected chi connectivity index (χ4v) is 2.64. The molecule has 4 heteroatoms. The van der Waals surface area contributed by atoms with Crippen LogP contribution in [0.5, 0.6) is 0 Å². The molecule has 1 aliphatic heterocycles. The van der Waals surface area contributed by atoms with Crippen molar-refractivity contribution >= 4 is 5.52 Å². The van der Waals surface area contributed by atoms with E-state index in [2.05, 4.69) is 24.1 Å². The predicted octanol–water partition coefficient (Wildman–Crippen LogP) is 2.03. The molecule has 3 heterocycles. The van der Waals surface area contributed by atoms with Gasteiger partial charge in [-0.05, 0) is 19.1 Å². The van der Waals surface area contributed by atoms with Gasteiger partial charge in [-0.15, -0.1) is 0 Å². The van der Waals surface area contributed by atoms with Crippen LogP contribution in [0.2, 0.25) is 0 Å². The van der Waals surface area contributed by atoms with Gasteiger partial charge >= 0.3 is 0 Å². The van der Waals surface area contributed by atoms with Gasteiger partial charge < -0.3 is 9.14 Å². The minimum absolute atomic E-state index is 0.406. The van der Waals surface area contributed by atoms with E-state index >= 15 is 0 Å². The number of hydrogen-bond acceptors (Lipinski definition) is 3. The Morgan fingerprint density at radius 1 is 1.47 bits per heavy atom. The summed E-state index contributed by atoms with van der Waals surface area (Å²) in [4.78, 5) is 2.37. The molecule has 1 atom stereocenters. The van der Waals surface area contributed by atoms with E-state index in [1.54, 1.807) is 0 Å². The van der Waals surface area contributed by atoms with Gasteiger partial charge in [0, 0.05) is 37.1 Å². The van der Waals surface area contributed by atoms with Crippen LogP contribution in [0.3, 0.4) is 0 Å². The molecule has 98 valence electrons. The summed E-state index contributed by atoms with van der Waals surface area (Å²) in [7, 11) is 0. The summed E-state index contributed by atoms with van der Waals surface area (Å²) in [5.41, 5.74) is 2.88. The first-order valence-electron chi connectivity index (χ1n) is 6.60. The quantitative estimate of drug-likeness (QED) is 0.824. The molecule has 1 aliphatic rings. The highest BCUT2D eigenvalue weighted by Gasteiger charge is 2.21. The van der Waals surface area contributed by atoms with E-state index in [9.17, 15) is 5.26 Å². The lowest BCUT2D eigenvalue weighted by Gasteiger charge is -2.32. The van der Waals surface area contributed by atoms with Gasteiger partial charge in [0.05, 0.1) is 24.3 Å². The van der Waals surface area contributed by atoms with Crippen molar-refractivity contribution in [3.8, 4) is 6.07 Å². The van der Waals surface area contributed by atoms with Crippen LogP contribution in [0.4, 0.5) is 0 Å². The van der Waals surface area contributed by atoms with E-state index in [4.69, 9.17) is 4.74 Å². The number of nitriles is 1. The second-order valence-electron chi connectivity index (χ2n) is 5.03. The maximum atomic E-state index is 9.39. The minimum atomic E-state index is 0.406. The lowest BCUT2D eigenvalue weighted by atomic mass is 10.1. The maximum absolute atomic E-state index is 9.39. The summed E-state index contributed by atoms with van der Waals surface area (Å²) in [6, 6.07) is 8.69. The Morgan fingerprint density at radius 2 is 2.37 bits per heavy atom. The first-order valence-corrected chi connectivity index (χ1v) is 6.60. The lowest BCUT2D eigenvalue weighted by Crippen LogP contribution is -2.42. The summed E-state index contributed by atoms with van der Waals surface area (Å²) < 4.78 is 7.48. The Kier molecular flexibility index (Phi) is 3.24. The van der Waals surface area contributed by atoms with Crippen LogP contribution in [0.1, 0.15) is 18.1 Å². The van der Waals surface area contributed by atoms with Gasteiger partial charge in [-0.25, -0.2) is 0 Å². The molecular formula is C15H17N3O. The highest BCUT2D eigenvalue weighted by Crippen LogP contribution is 2.21. The van der Waals surface area contributed by atoms with Gasteiger partial charge in [-0.1, -0.05) is 6.07 Å². The smallest absolute Gasteiger partial charge is 0.102 e. The van der Waals surface area contributed by atoms with Crippen molar-refractivity contribution < 1.29 is 4.74 Å². The Morgan fingerprint density at radius 3 is 3.16 bits per heavy atom. The number of hydrogen-bond donors (Lipinski definition) is 0. The minimum Gasteiger partial charge on any atom is -0.379 e. The number of pyridine rings is 1. The molecule has 0 radical (unpaired) electrons. The van der Waals surface area contributed by atoms with E-state index in [-0.39, 0.29) is 0 Å². The molecule has 4 nitrogen and oxygen atoms in total. The number of nitrogens with zero attached hydrogens (tertiary/aromatic N) is 3. The largest absolute Gasteiger partial charge is 0.379 e. The van der Waals surface area contributed by atoms with Gasteiger partial charge in [0.15, 0.2) is 0 Å². The van der Waals surface area contributed by atoms with E-state index in [0.29, 0.717) is 6.04 Å². The van der Waals surface area contributed by atoms with E-state index in [1.807, 2.05) is 28.8 Å². The Hall–Kier alpha value is -1.83. The van der Waals surface area contributed by atoms with Gasteiger partial charge in [0.2, 0.25) is 0 Å². The molecule has 0 N–H and O–H groups in total. The number of ether oxygens (including phenoxy) is 1. The average Bonchev–Trinajstić information content (AvgIpc) is 2.78. The summed E-state index contributed by atoms with van der Waals surface area (Å²) in [6.45, 7) is 5.46. The van der Waals surface area contributed by atoms with E-state index in [0.717, 1.165) is 42.9 Å². The van der Waals surface area contributed by atoms with Crippen LogP contribution in [0.25, 0.3) is 5.52 Å². The molecule has 1 unspecified atom stereocenters. The highest BCUT2D eigenvalue weighted by molar-refractivity contribution is 5.65. The fraction of sp³-hybridized carbons (Fsp3) is 0.400. The fourth-order valence-electron chi connectivity index (χ4n) is 2.64. The average molecular weight is 255 g/mol. The number of rotatable bonds is 2. The SMILES string of the molecule is CC1COCCN1Cc1cn2ccccc2c1C#N. The Balaban J connectivity index is 1.94. The molecule has 0 aliphatic carbocycles. The van der Waals surface area contributed by atoms with Crippen LogP contribution in [0, 0.1) is 11.3 Å². The van der Waals surface area contributed by atoms with Crippen molar-refractivity contribution in [3.63, 3.8) is 0 Å². The predicted molar refractivity (Wildman–Crippen MR) is 72.8 cm³/mol. The van der Waals surface area contributed by atoms with E-state index in [1.165, 1.54) is 0 Å². The van der Waals surface area contributed by atoms with Gasteiger partial charge in [0.25, 0.3) is 0 Å². The summed E-state index contributed by atoms with van der Waals surface area (Å²) >= 11 is 0. The molecular weight excluding hydrogens is 238 g/mol. The third kappa shape index (κ3) is 2.23. The molecule has 1 saturated heterocycles. The molecule has 0 amide bonds. The van der Waals surface area contributed by atoms with Gasteiger partial charge in [0.1, 0.15) is 6.07 Å². The monoisotopic (exact) mass is 255 g/mol. The third-order valence-corrected chi connectivity index (χ3v) is 3.75.